The van der Waals surface area contributed by atoms with Gasteiger partial charge in [-0.1, -0.05) is 26.3 Å². The minimum absolute atomic E-state index is 0.0392. The van der Waals surface area contributed by atoms with Crippen LogP contribution in [0.25, 0.3) is 0 Å². The molecule has 2 nitrogen and oxygen atoms in total. The van der Waals surface area contributed by atoms with Gasteiger partial charge in [0.15, 0.2) is 11.5 Å². The first kappa shape index (κ1) is 16.5. The van der Waals surface area contributed by atoms with E-state index in [2.05, 4.69) is 26.0 Å². The maximum atomic E-state index is 6.80. The third-order valence-electron chi connectivity index (χ3n) is 4.58. The summed E-state index contributed by atoms with van der Waals surface area (Å²) in [7, 11) is 0. The lowest BCUT2D eigenvalue weighted by Crippen LogP contribution is -2.21. The van der Waals surface area contributed by atoms with E-state index >= 15 is 0 Å². The summed E-state index contributed by atoms with van der Waals surface area (Å²) in [5.41, 5.74) is 1.46. The Kier molecular flexibility index (Phi) is 5.43. The Morgan fingerprint density at radius 3 is 2.43 bits per heavy atom. The van der Waals surface area contributed by atoms with Gasteiger partial charge in [0.25, 0.3) is 0 Å². The van der Waals surface area contributed by atoms with Crippen LogP contribution in [-0.4, -0.2) is 13.2 Å². The highest BCUT2D eigenvalue weighted by atomic mass is 35.5. The van der Waals surface area contributed by atoms with Gasteiger partial charge in [-0.2, -0.15) is 0 Å². The summed E-state index contributed by atoms with van der Waals surface area (Å²) in [6.45, 7) is 9.90. The first-order valence-electron chi connectivity index (χ1n) is 8.03. The van der Waals surface area contributed by atoms with Crippen LogP contribution in [0, 0.1) is 11.3 Å². The zero-order chi connectivity index (χ0) is 15.5. The van der Waals surface area contributed by atoms with Crippen molar-refractivity contribution in [2.75, 3.05) is 13.2 Å². The minimum atomic E-state index is 0.0392. The van der Waals surface area contributed by atoms with Gasteiger partial charge in [-0.25, -0.2) is 0 Å². The highest BCUT2D eigenvalue weighted by molar-refractivity contribution is 6.21. The van der Waals surface area contributed by atoms with E-state index < -0.39 is 0 Å². The molecule has 2 atom stereocenters. The largest absolute Gasteiger partial charge is 0.490 e. The van der Waals surface area contributed by atoms with E-state index in [0.29, 0.717) is 24.5 Å². The summed E-state index contributed by atoms with van der Waals surface area (Å²) < 4.78 is 11.3. The zero-order valence-corrected chi connectivity index (χ0v) is 14.4. The van der Waals surface area contributed by atoms with E-state index in [1.807, 2.05) is 19.9 Å². The van der Waals surface area contributed by atoms with Crippen molar-refractivity contribution < 1.29 is 9.47 Å². The molecule has 3 heteroatoms. The van der Waals surface area contributed by atoms with Crippen molar-refractivity contribution in [1.29, 1.82) is 0 Å². The summed E-state index contributed by atoms with van der Waals surface area (Å²) in [6, 6.07) is 6.13. The summed E-state index contributed by atoms with van der Waals surface area (Å²) in [6.07, 6.45) is 3.74. The average Bonchev–Trinajstić information content (AvgIpc) is 2.80. The number of halogens is 1. The molecule has 1 saturated carbocycles. The maximum absolute atomic E-state index is 6.80. The second-order valence-electron chi connectivity index (χ2n) is 6.46. The second kappa shape index (κ2) is 6.91. The lowest BCUT2D eigenvalue weighted by Gasteiger charge is -2.31. The Morgan fingerprint density at radius 1 is 1.19 bits per heavy atom. The molecule has 0 N–H and O–H groups in total. The van der Waals surface area contributed by atoms with E-state index in [1.54, 1.807) is 0 Å². The molecule has 0 spiro atoms. The fourth-order valence-corrected chi connectivity index (χ4v) is 3.97. The van der Waals surface area contributed by atoms with Crippen LogP contribution in [0.2, 0.25) is 0 Å². The molecule has 118 valence electrons. The predicted molar refractivity (Wildman–Crippen MR) is 88.5 cm³/mol. The molecule has 2 rings (SSSR count). The van der Waals surface area contributed by atoms with Crippen molar-refractivity contribution in [2.24, 2.45) is 11.3 Å². The lowest BCUT2D eigenvalue weighted by molar-refractivity contribution is 0.251. The van der Waals surface area contributed by atoms with Crippen LogP contribution in [0.4, 0.5) is 0 Å². The van der Waals surface area contributed by atoms with Crippen molar-refractivity contribution in [2.45, 2.75) is 52.3 Å². The van der Waals surface area contributed by atoms with Gasteiger partial charge in [-0.15, -0.1) is 11.6 Å². The molecule has 1 fully saturated rings. The summed E-state index contributed by atoms with van der Waals surface area (Å²) in [4.78, 5) is 0. The van der Waals surface area contributed by atoms with Crippen molar-refractivity contribution in [3.8, 4) is 11.5 Å². The highest BCUT2D eigenvalue weighted by Gasteiger charge is 2.39. The van der Waals surface area contributed by atoms with Crippen LogP contribution in [0.1, 0.15) is 57.9 Å². The molecule has 0 amide bonds. The van der Waals surface area contributed by atoms with Gasteiger partial charge < -0.3 is 9.47 Å². The number of rotatable bonds is 6. The van der Waals surface area contributed by atoms with Crippen molar-refractivity contribution in [1.82, 2.24) is 0 Å². The quantitative estimate of drug-likeness (QED) is 0.638. The molecule has 0 bridgehead atoms. The number of hydrogen-bond acceptors (Lipinski definition) is 2. The second-order valence-corrected chi connectivity index (χ2v) is 6.93. The number of benzene rings is 1. The molecular weight excluding hydrogens is 284 g/mol. The smallest absolute Gasteiger partial charge is 0.161 e. The van der Waals surface area contributed by atoms with Crippen molar-refractivity contribution >= 4 is 11.6 Å². The van der Waals surface area contributed by atoms with Gasteiger partial charge in [0.05, 0.1) is 18.6 Å². The summed E-state index contributed by atoms with van der Waals surface area (Å²) in [5, 5.41) is 0.0392. The Hall–Kier alpha value is -0.890. The molecular formula is C18H27ClO2. The van der Waals surface area contributed by atoms with Crippen LogP contribution >= 0.6 is 11.6 Å². The van der Waals surface area contributed by atoms with Crippen LogP contribution in [-0.2, 0) is 0 Å². The van der Waals surface area contributed by atoms with Gasteiger partial charge in [-0.3, -0.25) is 0 Å². The maximum Gasteiger partial charge on any atom is 0.161 e. The standard InChI is InChI=1S/C18H27ClO2/c1-5-20-15-10-9-13(12-16(15)21-6-2)17(19)14-8-7-11-18(14,3)4/h9-10,12,14,17H,5-8,11H2,1-4H3. The van der Waals surface area contributed by atoms with Gasteiger partial charge in [0.1, 0.15) is 0 Å². The SMILES string of the molecule is CCOc1ccc(C(Cl)C2CCCC2(C)C)cc1OCC. The van der Waals surface area contributed by atoms with Gasteiger partial charge in [0, 0.05) is 0 Å². The molecule has 2 unspecified atom stereocenters. The van der Waals surface area contributed by atoms with E-state index in [9.17, 15) is 0 Å². The third-order valence-corrected chi connectivity index (χ3v) is 5.14. The zero-order valence-electron chi connectivity index (χ0n) is 13.6. The summed E-state index contributed by atoms with van der Waals surface area (Å²) >= 11 is 6.80. The van der Waals surface area contributed by atoms with E-state index in [4.69, 9.17) is 21.1 Å². The Balaban J connectivity index is 2.25. The lowest BCUT2D eigenvalue weighted by atomic mass is 9.78. The first-order chi connectivity index (χ1) is 9.99. The predicted octanol–water partition coefficient (Wildman–Crippen LogP) is 5.59. The number of alkyl halides is 1. The molecule has 0 saturated heterocycles. The molecule has 1 aliphatic rings. The van der Waals surface area contributed by atoms with E-state index in [0.717, 1.165) is 17.1 Å². The number of ether oxygens (including phenoxy) is 2. The topological polar surface area (TPSA) is 18.5 Å². The fraction of sp³-hybridized carbons (Fsp3) is 0.667. The minimum Gasteiger partial charge on any atom is -0.490 e. The van der Waals surface area contributed by atoms with Gasteiger partial charge >= 0.3 is 0 Å². The Morgan fingerprint density at radius 2 is 1.86 bits per heavy atom. The highest BCUT2D eigenvalue weighted by Crippen LogP contribution is 2.51. The van der Waals surface area contributed by atoms with E-state index in [-0.39, 0.29) is 5.38 Å². The molecule has 1 aromatic rings. The van der Waals surface area contributed by atoms with Crippen LogP contribution in [0.5, 0.6) is 11.5 Å². The Labute approximate surface area is 133 Å². The average molecular weight is 311 g/mol. The molecule has 21 heavy (non-hydrogen) atoms. The van der Waals surface area contributed by atoms with Crippen molar-refractivity contribution in [3.63, 3.8) is 0 Å². The monoisotopic (exact) mass is 310 g/mol. The van der Waals surface area contributed by atoms with Gasteiger partial charge in [0.2, 0.25) is 0 Å². The molecule has 0 heterocycles. The third kappa shape index (κ3) is 3.66. The fourth-order valence-electron chi connectivity index (χ4n) is 3.37. The van der Waals surface area contributed by atoms with Crippen LogP contribution in [0.3, 0.4) is 0 Å². The van der Waals surface area contributed by atoms with Gasteiger partial charge in [-0.05, 0) is 55.7 Å². The van der Waals surface area contributed by atoms with Crippen molar-refractivity contribution in [3.05, 3.63) is 23.8 Å². The molecule has 0 aromatic heterocycles. The Bertz CT molecular complexity index is 470. The number of hydrogen-bond donors (Lipinski definition) is 0. The van der Waals surface area contributed by atoms with Crippen LogP contribution < -0.4 is 9.47 Å². The molecule has 0 aliphatic heterocycles. The summed E-state index contributed by atoms with van der Waals surface area (Å²) in [5.74, 6) is 2.13. The molecule has 0 radical (unpaired) electrons. The normalized spacial score (nSPS) is 22.0. The first-order valence-corrected chi connectivity index (χ1v) is 8.46. The molecule has 1 aliphatic carbocycles. The van der Waals surface area contributed by atoms with Crippen LogP contribution in [0.15, 0.2) is 18.2 Å². The van der Waals surface area contributed by atoms with E-state index in [1.165, 1.54) is 19.3 Å². The molecule has 1 aromatic carbocycles.